The Morgan fingerprint density at radius 3 is 2.53 bits per heavy atom. The monoisotopic (exact) mass is 419 g/mol. The van der Waals surface area contributed by atoms with Gasteiger partial charge in [-0.3, -0.25) is 19.3 Å². The molecule has 7 heteroatoms. The average Bonchev–Trinajstić information content (AvgIpc) is 3.28. The van der Waals surface area contributed by atoms with Gasteiger partial charge in [-0.15, -0.1) is 11.3 Å². The summed E-state index contributed by atoms with van der Waals surface area (Å²) in [6.07, 6.45) is 0.757. The molecule has 1 aliphatic heterocycles. The number of rotatable bonds is 6. The van der Waals surface area contributed by atoms with Gasteiger partial charge in [-0.25, -0.2) is 4.98 Å². The maximum absolute atomic E-state index is 12.6. The molecule has 0 fully saturated rings. The molecule has 152 valence electrons. The molecule has 30 heavy (non-hydrogen) atoms. The van der Waals surface area contributed by atoms with Crippen LogP contribution in [0.15, 0.2) is 53.9 Å². The molecule has 3 aromatic rings. The molecular formula is C23H21N3O3S. The Morgan fingerprint density at radius 1 is 1.07 bits per heavy atom. The number of nitrogens with one attached hydrogen (secondary N) is 1. The Morgan fingerprint density at radius 2 is 1.80 bits per heavy atom. The maximum Gasteiger partial charge on any atom is 0.261 e. The fourth-order valence-corrected chi connectivity index (χ4v) is 4.25. The first kappa shape index (κ1) is 20.0. The summed E-state index contributed by atoms with van der Waals surface area (Å²) in [6, 6.07) is 14.5. The molecule has 2 heterocycles. The van der Waals surface area contributed by atoms with Gasteiger partial charge in [0.05, 0.1) is 28.4 Å². The minimum atomic E-state index is -0.357. The Bertz CT molecular complexity index is 1120. The van der Waals surface area contributed by atoms with Crippen LogP contribution in [0, 0.1) is 0 Å². The molecule has 0 atom stereocenters. The van der Waals surface area contributed by atoms with Crippen LogP contribution in [-0.2, 0) is 13.0 Å². The minimum absolute atomic E-state index is 0.232. The lowest BCUT2D eigenvalue weighted by atomic mass is 10.1. The van der Waals surface area contributed by atoms with Crippen LogP contribution >= 0.6 is 11.3 Å². The molecule has 0 bridgehead atoms. The maximum atomic E-state index is 12.6. The van der Waals surface area contributed by atoms with Crippen molar-refractivity contribution in [2.24, 2.45) is 0 Å². The Labute approximate surface area is 178 Å². The SMILES string of the molecule is CC(C)N1C(=O)c2ccc(C(=O)NCc3csc(Cc4ccccc4)n3)cc2C1=O. The molecule has 3 amide bonds. The van der Waals surface area contributed by atoms with E-state index in [2.05, 4.69) is 22.4 Å². The lowest BCUT2D eigenvalue weighted by Gasteiger charge is -2.17. The van der Waals surface area contributed by atoms with E-state index in [1.54, 1.807) is 37.3 Å². The number of imide groups is 1. The lowest BCUT2D eigenvalue weighted by Crippen LogP contribution is -2.35. The van der Waals surface area contributed by atoms with Crippen molar-refractivity contribution in [2.45, 2.75) is 32.9 Å². The molecule has 0 unspecified atom stereocenters. The normalized spacial score (nSPS) is 13.1. The highest BCUT2D eigenvalue weighted by atomic mass is 32.1. The Kier molecular flexibility index (Phi) is 5.46. The number of hydrogen-bond donors (Lipinski definition) is 1. The number of thiazole rings is 1. The van der Waals surface area contributed by atoms with E-state index >= 15 is 0 Å². The van der Waals surface area contributed by atoms with E-state index in [0.29, 0.717) is 17.7 Å². The summed E-state index contributed by atoms with van der Waals surface area (Å²) in [4.78, 5) is 43.3. The standard InChI is InChI=1S/C23H21N3O3S/c1-14(2)26-22(28)18-9-8-16(11-19(18)23(26)29)21(27)24-12-17-13-30-20(25-17)10-15-6-4-3-5-7-15/h3-9,11,13-14H,10,12H2,1-2H3,(H,24,27). The first-order valence-corrected chi connectivity index (χ1v) is 10.6. The van der Waals surface area contributed by atoms with Crippen LogP contribution in [0.2, 0.25) is 0 Å². The summed E-state index contributed by atoms with van der Waals surface area (Å²) < 4.78 is 0. The molecule has 1 N–H and O–H groups in total. The summed E-state index contributed by atoms with van der Waals surface area (Å²) in [6.45, 7) is 3.87. The third-order valence-corrected chi connectivity index (χ3v) is 5.82. The highest BCUT2D eigenvalue weighted by Gasteiger charge is 2.37. The summed E-state index contributed by atoms with van der Waals surface area (Å²) in [5.74, 6) is -0.978. The van der Waals surface area contributed by atoms with Gasteiger partial charge < -0.3 is 5.32 Å². The van der Waals surface area contributed by atoms with Crippen LogP contribution in [-0.4, -0.2) is 33.6 Å². The number of aromatic nitrogens is 1. The quantitative estimate of drug-likeness (QED) is 0.619. The highest BCUT2D eigenvalue weighted by Crippen LogP contribution is 2.25. The molecule has 1 aliphatic rings. The number of carbonyl (C=O) groups is 3. The first-order valence-electron chi connectivity index (χ1n) is 9.71. The average molecular weight is 420 g/mol. The van der Waals surface area contributed by atoms with Crippen molar-refractivity contribution in [1.82, 2.24) is 15.2 Å². The zero-order valence-electron chi connectivity index (χ0n) is 16.7. The second-order valence-electron chi connectivity index (χ2n) is 7.41. The number of carbonyl (C=O) groups excluding carboxylic acids is 3. The van der Waals surface area contributed by atoms with Gasteiger partial charge in [0, 0.05) is 23.4 Å². The van der Waals surface area contributed by atoms with Crippen molar-refractivity contribution < 1.29 is 14.4 Å². The molecule has 6 nitrogen and oxygen atoms in total. The smallest absolute Gasteiger partial charge is 0.261 e. The fourth-order valence-electron chi connectivity index (χ4n) is 3.42. The third-order valence-electron chi connectivity index (χ3n) is 4.92. The van der Waals surface area contributed by atoms with Crippen molar-refractivity contribution in [1.29, 1.82) is 0 Å². The van der Waals surface area contributed by atoms with Crippen molar-refractivity contribution >= 4 is 29.1 Å². The molecule has 2 aromatic carbocycles. The van der Waals surface area contributed by atoms with Crippen LogP contribution < -0.4 is 5.32 Å². The zero-order valence-corrected chi connectivity index (χ0v) is 17.5. The summed E-state index contributed by atoms with van der Waals surface area (Å²) >= 11 is 1.56. The Hall–Kier alpha value is -3.32. The van der Waals surface area contributed by atoms with Crippen molar-refractivity contribution in [3.8, 4) is 0 Å². The minimum Gasteiger partial charge on any atom is -0.346 e. The number of benzene rings is 2. The topological polar surface area (TPSA) is 79.4 Å². The van der Waals surface area contributed by atoms with E-state index in [0.717, 1.165) is 17.1 Å². The van der Waals surface area contributed by atoms with Crippen LogP contribution in [0.3, 0.4) is 0 Å². The zero-order chi connectivity index (χ0) is 21.3. The summed E-state index contributed by atoms with van der Waals surface area (Å²) in [7, 11) is 0. The van der Waals surface area contributed by atoms with Gasteiger partial charge in [0.1, 0.15) is 0 Å². The van der Waals surface area contributed by atoms with Crippen LogP contribution in [0.1, 0.15) is 61.2 Å². The summed E-state index contributed by atoms with van der Waals surface area (Å²) in [5.41, 5.74) is 2.95. The molecule has 4 rings (SSSR count). The predicted molar refractivity (Wildman–Crippen MR) is 115 cm³/mol. The second kappa shape index (κ2) is 8.20. The first-order chi connectivity index (χ1) is 14.4. The van der Waals surface area contributed by atoms with Gasteiger partial charge in [0.15, 0.2) is 0 Å². The van der Waals surface area contributed by atoms with E-state index < -0.39 is 0 Å². The predicted octanol–water partition coefficient (Wildman–Crippen LogP) is 3.67. The Balaban J connectivity index is 1.41. The number of amides is 3. The van der Waals surface area contributed by atoms with Crippen molar-refractivity contribution in [3.05, 3.63) is 86.9 Å². The molecule has 0 radical (unpaired) electrons. The molecule has 1 aromatic heterocycles. The largest absolute Gasteiger partial charge is 0.346 e. The van der Waals surface area contributed by atoms with Crippen LogP contribution in [0.4, 0.5) is 0 Å². The van der Waals surface area contributed by atoms with Gasteiger partial charge >= 0.3 is 0 Å². The molecule has 0 spiro atoms. The van der Waals surface area contributed by atoms with E-state index in [9.17, 15) is 14.4 Å². The number of hydrogen-bond acceptors (Lipinski definition) is 5. The van der Waals surface area contributed by atoms with E-state index in [-0.39, 0.29) is 29.3 Å². The lowest BCUT2D eigenvalue weighted by molar-refractivity contribution is 0.0609. The van der Waals surface area contributed by atoms with E-state index in [1.807, 2.05) is 23.6 Å². The summed E-state index contributed by atoms with van der Waals surface area (Å²) in [5, 5.41) is 5.76. The fraction of sp³-hybridized carbons (Fsp3) is 0.217. The van der Waals surface area contributed by atoms with Gasteiger partial charge in [-0.1, -0.05) is 30.3 Å². The van der Waals surface area contributed by atoms with Crippen LogP contribution in [0.25, 0.3) is 0 Å². The molecule has 0 aliphatic carbocycles. The molecular weight excluding hydrogens is 398 g/mol. The third kappa shape index (κ3) is 3.89. The van der Waals surface area contributed by atoms with E-state index in [1.165, 1.54) is 16.5 Å². The van der Waals surface area contributed by atoms with Gasteiger partial charge in [-0.05, 0) is 37.6 Å². The van der Waals surface area contributed by atoms with Gasteiger partial charge in [0.25, 0.3) is 17.7 Å². The second-order valence-corrected chi connectivity index (χ2v) is 8.35. The number of nitrogens with zero attached hydrogens (tertiary/aromatic N) is 2. The van der Waals surface area contributed by atoms with Crippen LogP contribution in [0.5, 0.6) is 0 Å². The van der Waals surface area contributed by atoms with E-state index in [4.69, 9.17) is 0 Å². The van der Waals surface area contributed by atoms with Crippen molar-refractivity contribution in [3.63, 3.8) is 0 Å². The number of fused-ring (bicyclic) bond motifs is 1. The highest BCUT2D eigenvalue weighted by molar-refractivity contribution is 7.09. The van der Waals surface area contributed by atoms with Gasteiger partial charge in [0.2, 0.25) is 0 Å². The van der Waals surface area contributed by atoms with Crippen molar-refractivity contribution in [2.75, 3.05) is 0 Å². The molecule has 0 saturated heterocycles. The molecule has 0 saturated carbocycles. The van der Waals surface area contributed by atoms with Gasteiger partial charge in [-0.2, -0.15) is 0 Å².